The van der Waals surface area contributed by atoms with Crippen LogP contribution in [-0.4, -0.2) is 11.3 Å². The van der Waals surface area contributed by atoms with Gasteiger partial charge in [-0.3, -0.25) is 0 Å². The summed E-state index contributed by atoms with van der Waals surface area (Å²) in [4.78, 5) is 9.70. The maximum Gasteiger partial charge on any atom is 0.252 e. The van der Waals surface area contributed by atoms with Crippen molar-refractivity contribution in [1.29, 1.82) is 0 Å². The predicted molar refractivity (Wildman–Crippen MR) is 304 cm³/mol. The van der Waals surface area contributed by atoms with Crippen molar-refractivity contribution >= 4 is 113 Å². The molecule has 1 aromatic heterocycles. The highest BCUT2D eigenvalue weighted by Gasteiger charge is 2.43. The zero-order valence-corrected chi connectivity index (χ0v) is 39.4. The number of fused-ring (bicyclic) bond motifs is 7. The van der Waals surface area contributed by atoms with Gasteiger partial charge >= 0.3 is 0 Å². The Bertz CT molecular complexity index is 3610. The lowest BCUT2D eigenvalue weighted by Gasteiger charge is -2.44. The molecule has 0 bridgehead atoms. The molecule has 5 nitrogen and oxygen atoms in total. The highest BCUT2D eigenvalue weighted by molar-refractivity contribution is 7.00. The van der Waals surface area contributed by atoms with Crippen LogP contribution in [0.5, 0.6) is 0 Å². The van der Waals surface area contributed by atoms with Gasteiger partial charge in [0.15, 0.2) is 0 Å². The first-order valence-electron chi connectivity index (χ1n) is 24.7. The third kappa shape index (κ3) is 6.72. The molecule has 0 radical (unpaired) electrons. The SMILES string of the molecule is c1ccc(N(c2ccccc2)c2ccc3c(c2)c2cc(N(c4ccccc4)c4ccccc4)ccc2n3-c2cc3c4c(c2)N(c2ccccc2)c2ccccc2B4c2ccccc2N3c2ccccc2)cc1. The van der Waals surface area contributed by atoms with Gasteiger partial charge in [0.25, 0.3) is 6.71 Å². The molecule has 3 heterocycles. The van der Waals surface area contributed by atoms with Crippen LogP contribution >= 0.6 is 0 Å². The van der Waals surface area contributed by atoms with Gasteiger partial charge in [-0.1, -0.05) is 146 Å². The molecule has 14 rings (SSSR count). The minimum Gasteiger partial charge on any atom is -0.311 e. The average Bonchev–Trinajstić information content (AvgIpc) is 3.77. The molecule has 6 heteroatoms. The van der Waals surface area contributed by atoms with E-state index in [2.05, 4.69) is 303 Å². The maximum atomic E-state index is 2.50. The first kappa shape index (κ1) is 41.5. The van der Waals surface area contributed by atoms with Gasteiger partial charge in [0.2, 0.25) is 0 Å². The summed E-state index contributed by atoms with van der Waals surface area (Å²) in [6.45, 7) is 0.0172. The molecule has 338 valence electrons. The molecule has 12 aromatic rings. The van der Waals surface area contributed by atoms with E-state index in [4.69, 9.17) is 0 Å². The van der Waals surface area contributed by atoms with Crippen LogP contribution in [0.2, 0.25) is 0 Å². The van der Waals surface area contributed by atoms with Crippen molar-refractivity contribution in [3.63, 3.8) is 0 Å². The summed E-state index contributed by atoms with van der Waals surface area (Å²) < 4.78 is 2.50. The van der Waals surface area contributed by atoms with Crippen molar-refractivity contribution in [1.82, 2.24) is 4.57 Å². The fraction of sp³-hybridized carbons (Fsp3) is 0. The molecule has 0 unspecified atom stereocenters. The molecule has 11 aromatic carbocycles. The van der Waals surface area contributed by atoms with E-state index in [1.807, 2.05) is 0 Å². The van der Waals surface area contributed by atoms with E-state index in [0.717, 1.165) is 84.4 Å². The molecule has 72 heavy (non-hydrogen) atoms. The normalized spacial score (nSPS) is 12.4. The van der Waals surface area contributed by atoms with E-state index in [1.54, 1.807) is 0 Å². The van der Waals surface area contributed by atoms with Gasteiger partial charge in [0.05, 0.1) is 16.7 Å². The monoisotopic (exact) mass is 919 g/mol. The number of para-hydroxylation sites is 8. The zero-order valence-electron chi connectivity index (χ0n) is 39.4. The van der Waals surface area contributed by atoms with Crippen molar-refractivity contribution in [2.45, 2.75) is 0 Å². The van der Waals surface area contributed by atoms with E-state index in [-0.39, 0.29) is 6.71 Å². The van der Waals surface area contributed by atoms with E-state index >= 15 is 0 Å². The lowest BCUT2D eigenvalue weighted by molar-refractivity contribution is 1.16. The molecule has 0 spiro atoms. The lowest BCUT2D eigenvalue weighted by atomic mass is 9.33. The Morgan fingerprint density at radius 1 is 0.264 bits per heavy atom. The number of hydrogen-bond donors (Lipinski definition) is 0. The van der Waals surface area contributed by atoms with Crippen LogP contribution < -0.4 is 36.0 Å². The van der Waals surface area contributed by atoms with E-state index in [0.29, 0.717) is 0 Å². The lowest BCUT2D eigenvalue weighted by Crippen LogP contribution is -2.61. The van der Waals surface area contributed by atoms with Crippen molar-refractivity contribution in [2.24, 2.45) is 0 Å². The fourth-order valence-electron chi connectivity index (χ4n) is 11.5. The Morgan fingerprint density at radius 3 is 0.972 bits per heavy atom. The van der Waals surface area contributed by atoms with Gasteiger partial charge in [-0.25, -0.2) is 0 Å². The van der Waals surface area contributed by atoms with Gasteiger partial charge in [0.1, 0.15) is 0 Å². The quantitative estimate of drug-likeness (QED) is 0.134. The first-order valence-corrected chi connectivity index (χ1v) is 24.7. The smallest absolute Gasteiger partial charge is 0.252 e. The Balaban J connectivity index is 1.08. The molecule has 0 saturated carbocycles. The second kappa shape index (κ2) is 17.2. The topological polar surface area (TPSA) is 17.9 Å². The van der Waals surface area contributed by atoms with Gasteiger partial charge < -0.3 is 24.2 Å². The largest absolute Gasteiger partial charge is 0.311 e. The van der Waals surface area contributed by atoms with Crippen LogP contribution in [0.15, 0.2) is 279 Å². The molecule has 0 saturated heterocycles. The minimum absolute atomic E-state index is 0.0172. The first-order chi connectivity index (χ1) is 35.8. The zero-order chi connectivity index (χ0) is 47.5. The molecular formula is C66H46BN5. The molecule has 2 aliphatic heterocycles. The van der Waals surface area contributed by atoms with Crippen LogP contribution in [-0.2, 0) is 0 Å². The van der Waals surface area contributed by atoms with E-state index < -0.39 is 0 Å². The standard InChI is InChI=1S/C66H46BN5/c1-7-23-47(24-8-1)68(48-25-9-2-10-26-48)53-39-41-60-56(43-53)57-44-54(69(49-27-11-3-12-28-49)50-29-13-4-14-30-50)40-42-61(57)72(60)55-45-64-66-65(46-55)71(52-33-17-6-18-34-52)63-38-22-20-36-59(63)67(66)58-35-19-21-37-62(58)70(64)51-31-15-5-16-32-51/h1-46H. The molecule has 0 atom stereocenters. The van der Waals surface area contributed by atoms with Crippen molar-refractivity contribution in [3.8, 4) is 5.69 Å². The van der Waals surface area contributed by atoms with Crippen LogP contribution in [0.4, 0.5) is 68.2 Å². The van der Waals surface area contributed by atoms with Gasteiger partial charge in [-0.05, 0) is 150 Å². The summed E-state index contributed by atoms with van der Waals surface area (Å²) in [5, 5.41) is 2.31. The summed E-state index contributed by atoms with van der Waals surface area (Å²) >= 11 is 0. The molecular weight excluding hydrogens is 874 g/mol. The number of hydrogen-bond acceptors (Lipinski definition) is 4. The predicted octanol–water partition coefficient (Wildman–Crippen LogP) is 15.8. The second-order valence-corrected chi connectivity index (χ2v) is 18.5. The Labute approximate surface area is 420 Å². The van der Waals surface area contributed by atoms with Crippen LogP contribution in [0.3, 0.4) is 0 Å². The van der Waals surface area contributed by atoms with Gasteiger partial charge in [-0.15, -0.1) is 0 Å². The maximum absolute atomic E-state index is 2.50. The van der Waals surface area contributed by atoms with Crippen LogP contribution in [0.25, 0.3) is 27.5 Å². The van der Waals surface area contributed by atoms with Crippen LogP contribution in [0, 0.1) is 0 Å². The molecule has 0 aliphatic carbocycles. The summed E-state index contributed by atoms with van der Waals surface area (Å²) in [6, 6.07) is 101. The van der Waals surface area contributed by atoms with Gasteiger partial charge in [-0.2, -0.15) is 0 Å². The molecule has 2 aliphatic rings. The summed E-state index contributed by atoms with van der Waals surface area (Å²) in [5.74, 6) is 0. The number of nitrogens with zero attached hydrogens (tertiary/aromatic N) is 5. The van der Waals surface area contributed by atoms with Crippen LogP contribution in [0.1, 0.15) is 0 Å². The van der Waals surface area contributed by atoms with E-state index in [1.165, 1.54) is 27.8 Å². The van der Waals surface area contributed by atoms with E-state index in [9.17, 15) is 0 Å². The third-order valence-corrected chi connectivity index (χ3v) is 14.5. The number of rotatable bonds is 9. The number of benzene rings is 11. The third-order valence-electron chi connectivity index (χ3n) is 14.5. The Morgan fingerprint density at radius 2 is 0.597 bits per heavy atom. The van der Waals surface area contributed by atoms with Crippen molar-refractivity contribution < 1.29 is 0 Å². The summed E-state index contributed by atoms with van der Waals surface area (Å²) in [5.41, 5.74) is 20.7. The molecule has 0 fully saturated rings. The minimum atomic E-state index is 0.0172. The summed E-state index contributed by atoms with van der Waals surface area (Å²) in [6.07, 6.45) is 0. The average molecular weight is 920 g/mol. The number of aromatic nitrogens is 1. The fourth-order valence-corrected chi connectivity index (χ4v) is 11.5. The Hall–Kier alpha value is -9.52. The van der Waals surface area contributed by atoms with Gasteiger partial charge in [0, 0.05) is 79.0 Å². The van der Waals surface area contributed by atoms with Crippen molar-refractivity contribution in [3.05, 3.63) is 279 Å². The number of anilines is 12. The summed E-state index contributed by atoms with van der Waals surface area (Å²) in [7, 11) is 0. The second-order valence-electron chi connectivity index (χ2n) is 18.5. The Kier molecular flexibility index (Phi) is 9.88. The highest BCUT2D eigenvalue weighted by Crippen LogP contribution is 2.48. The molecule has 0 amide bonds. The highest BCUT2D eigenvalue weighted by atomic mass is 15.2. The molecule has 0 N–H and O–H groups in total. The van der Waals surface area contributed by atoms with Crippen molar-refractivity contribution in [2.75, 3.05) is 19.6 Å².